The Morgan fingerprint density at radius 2 is 1.88 bits per heavy atom. The van der Waals surface area contributed by atoms with E-state index < -0.39 is 35.5 Å². The van der Waals surface area contributed by atoms with Gasteiger partial charge in [0.15, 0.2) is 18.2 Å². The molecule has 11 nitrogen and oxygen atoms in total. The first-order chi connectivity index (χ1) is 24.3. The molecule has 2 aliphatic heterocycles. The maximum Gasteiger partial charge on any atom is 0.303 e. The maximum absolute atomic E-state index is 13.3. The Kier molecular flexibility index (Phi) is 8.50. The van der Waals surface area contributed by atoms with Crippen molar-refractivity contribution < 1.29 is 38.7 Å². The molecule has 2 spiro atoms. The zero-order valence-corrected chi connectivity index (χ0v) is 32.7. The van der Waals surface area contributed by atoms with Crippen molar-refractivity contribution in [2.75, 3.05) is 19.7 Å². The van der Waals surface area contributed by atoms with Gasteiger partial charge in [-0.05, 0) is 105 Å². The minimum Gasteiger partial charge on any atom is -0.456 e. The zero-order chi connectivity index (χ0) is 37.4. The van der Waals surface area contributed by atoms with Gasteiger partial charge in [0.05, 0.1) is 31.0 Å². The summed E-state index contributed by atoms with van der Waals surface area (Å²) in [6.07, 6.45) is 10.4. The minimum atomic E-state index is -1.33. The number of fused-ring (bicyclic) bond motifs is 4. The number of ether oxygens (including phenoxy) is 4. The maximum atomic E-state index is 13.3. The number of aryl methyl sites for hydroxylation is 1. The van der Waals surface area contributed by atoms with Crippen LogP contribution in [0, 0.1) is 63.0 Å². The zero-order valence-electron chi connectivity index (χ0n) is 32.7. The summed E-state index contributed by atoms with van der Waals surface area (Å²) in [7, 11) is 1.84. The van der Waals surface area contributed by atoms with Crippen molar-refractivity contribution in [3.05, 3.63) is 36.3 Å². The highest BCUT2D eigenvalue weighted by atomic mass is 16.7. The van der Waals surface area contributed by atoms with Gasteiger partial charge in [0, 0.05) is 44.2 Å². The summed E-state index contributed by atoms with van der Waals surface area (Å²) in [6.45, 7) is 17.7. The molecule has 7 fully saturated rings. The molecule has 52 heavy (non-hydrogen) atoms. The van der Waals surface area contributed by atoms with Crippen LogP contribution in [0.25, 0.3) is 0 Å². The molecule has 0 aromatic carbocycles. The van der Waals surface area contributed by atoms with Gasteiger partial charge in [0.1, 0.15) is 12.2 Å². The molecular formula is C41H60N3O8. The van der Waals surface area contributed by atoms with Crippen LogP contribution in [0.5, 0.6) is 0 Å². The molecule has 11 heteroatoms. The number of amides is 1. The van der Waals surface area contributed by atoms with Crippen LogP contribution in [0.4, 0.5) is 0 Å². The summed E-state index contributed by atoms with van der Waals surface area (Å²) in [4.78, 5) is 31.4. The molecule has 11 atom stereocenters. The topological polar surface area (TPSA) is 133 Å². The molecule has 1 amide bonds. The van der Waals surface area contributed by atoms with Gasteiger partial charge in [-0.25, -0.2) is 4.98 Å². The lowest BCUT2D eigenvalue weighted by Crippen LogP contribution is -2.59. The number of esters is 1. The SMILES string of the molecule is CC(=O)O[C@@H]([C]1C[C@@H](C)[C@H]2[C](O1)[C@H](O)[C@@]1(C)[C]3CC[C@H]4C(C)(C)C(O[C@H]5CN(C(=O)c6nccn6C)CCO5)CC[C@@]45C[C@@]35CC[C@]21C)C(C)(C)O. The fourth-order valence-corrected chi connectivity index (χ4v) is 13.4. The van der Waals surface area contributed by atoms with E-state index in [4.69, 9.17) is 18.9 Å². The van der Waals surface area contributed by atoms with E-state index in [-0.39, 0.29) is 45.5 Å². The number of morpholine rings is 1. The van der Waals surface area contributed by atoms with Crippen LogP contribution in [-0.4, -0.2) is 86.4 Å². The van der Waals surface area contributed by atoms with Crippen LogP contribution in [0.1, 0.15) is 117 Å². The Hall–Kier alpha value is -2.05. The summed E-state index contributed by atoms with van der Waals surface area (Å²) in [5.41, 5.74) is -1.77. The number of carbonyl (C=O) groups is 2. The first kappa shape index (κ1) is 36.9. The predicted octanol–water partition coefficient (Wildman–Crippen LogP) is 5.40. The van der Waals surface area contributed by atoms with E-state index in [0.29, 0.717) is 50.1 Å². The van der Waals surface area contributed by atoms with Gasteiger partial charge >= 0.3 is 5.97 Å². The molecule has 1 unspecified atom stereocenters. The van der Waals surface area contributed by atoms with Crippen molar-refractivity contribution in [3.8, 4) is 0 Å². The largest absolute Gasteiger partial charge is 0.456 e. The van der Waals surface area contributed by atoms with Crippen LogP contribution in [0.2, 0.25) is 0 Å². The van der Waals surface area contributed by atoms with Gasteiger partial charge in [-0.15, -0.1) is 0 Å². The van der Waals surface area contributed by atoms with Crippen molar-refractivity contribution in [2.24, 2.45) is 51.9 Å². The van der Waals surface area contributed by atoms with E-state index in [1.165, 1.54) is 13.3 Å². The third-order valence-electron chi connectivity index (χ3n) is 15.9. The third kappa shape index (κ3) is 4.96. The fourth-order valence-electron chi connectivity index (χ4n) is 13.4. The molecule has 7 aliphatic rings. The molecule has 3 radical (unpaired) electrons. The van der Waals surface area contributed by atoms with Crippen molar-refractivity contribution in [1.82, 2.24) is 14.5 Å². The lowest BCUT2D eigenvalue weighted by molar-refractivity contribution is -0.239. The molecule has 5 saturated carbocycles. The smallest absolute Gasteiger partial charge is 0.303 e. The van der Waals surface area contributed by atoms with Crippen LogP contribution in [0.3, 0.4) is 0 Å². The number of hydrogen-bond acceptors (Lipinski definition) is 9. The van der Waals surface area contributed by atoms with E-state index in [1.807, 2.05) is 7.05 Å². The molecule has 1 aromatic rings. The molecule has 8 rings (SSSR count). The number of hydrogen-bond donors (Lipinski definition) is 2. The molecule has 1 aromatic heterocycles. The number of aliphatic hydroxyl groups is 2. The normalized spacial score (nSPS) is 43.8. The third-order valence-corrected chi connectivity index (χ3v) is 15.9. The Balaban J connectivity index is 1.01. The van der Waals surface area contributed by atoms with E-state index in [1.54, 1.807) is 41.6 Å². The highest BCUT2D eigenvalue weighted by molar-refractivity contribution is 5.90. The number of imidazole rings is 1. The first-order valence-electron chi connectivity index (χ1n) is 19.7. The van der Waals surface area contributed by atoms with Crippen molar-refractivity contribution in [3.63, 3.8) is 0 Å². The summed E-state index contributed by atoms with van der Waals surface area (Å²) in [6, 6.07) is 0. The predicted molar refractivity (Wildman–Crippen MR) is 190 cm³/mol. The lowest BCUT2D eigenvalue weighted by Gasteiger charge is -2.63. The number of nitrogens with zero attached hydrogens (tertiary/aromatic N) is 3. The summed E-state index contributed by atoms with van der Waals surface area (Å²) in [5.74, 6) is 2.10. The molecule has 0 bridgehead atoms. The minimum absolute atomic E-state index is 0.0135. The summed E-state index contributed by atoms with van der Waals surface area (Å²) >= 11 is 0. The number of rotatable bonds is 6. The fraction of sp³-hybridized carbons (Fsp3) is 0.805. The van der Waals surface area contributed by atoms with Crippen molar-refractivity contribution in [1.29, 1.82) is 0 Å². The van der Waals surface area contributed by atoms with Gasteiger partial charge in [-0.1, -0.05) is 34.6 Å². The number of aliphatic hydroxyl groups excluding tert-OH is 1. The Morgan fingerprint density at radius 1 is 1.13 bits per heavy atom. The van der Waals surface area contributed by atoms with Gasteiger partial charge in [0.25, 0.3) is 5.91 Å². The number of aromatic nitrogens is 2. The Bertz CT molecular complexity index is 1590. The second-order valence-corrected chi connectivity index (χ2v) is 19.2. The van der Waals surface area contributed by atoms with Crippen LogP contribution < -0.4 is 0 Å². The van der Waals surface area contributed by atoms with E-state index in [0.717, 1.165) is 38.5 Å². The quantitative estimate of drug-likeness (QED) is 0.371. The molecule has 2 saturated heterocycles. The van der Waals surface area contributed by atoms with E-state index in [2.05, 4.69) is 39.6 Å². The van der Waals surface area contributed by atoms with Gasteiger partial charge < -0.3 is 38.6 Å². The van der Waals surface area contributed by atoms with Gasteiger partial charge in [-0.3, -0.25) is 9.59 Å². The molecule has 5 aliphatic carbocycles. The second kappa shape index (κ2) is 12.0. The average Bonchev–Trinajstić information content (AvgIpc) is 3.48. The molecular weight excluding hydrogens is 662 g/mol. The van der Waals surface area contributed by atoms with Gasteiger partial charge in [-0.2, -0.15) is 0 Å². The monoisotopic (exact) mass is 722 g/mol. The first-order valence-corrected chi connectivity index (χ1v) is 19.7. The Morgan fingerprint density at radius 3 is 2.56 bits per heavy atom. The van der Waals surface area contributed by atoms with E-state index >= 15 is 0 Å². The molecule has 2 N–H and O–H groups in total. The van der Waals surface area contributed by atoms with E-state index in [9.17, 15) is 19.8 Å². The Labute approximate surface area is 309 Å². The molecule has 3 heterocycles. The van der Waals surface area contributed by atoms with Crippen LogP contribution >= 0.6 is 0 Å². The summed E-state index contributed by atoms with van der Waals surface area (Å²) < 4.78 is 27.0. The average molecular weight is 723 g/mol. The highest BCUT2D eigenvalue weighted by Crippen LogP contribution is 2.90. The highest BCUT2D eigenvalue weighted by Gasteiger charge is 2.85. The van der Waals surface area contributed by atoms with Crippen molar-refractivity contribution in [2.45, 2.75) is 137 Å². The van der Waals surface area contributed by atoms with Crippen LogP contribution in [-0.2, 0) is 30.8 Å². The van der Waals surface area contributed by atoms with Crippen molar-refractivity contribution >= 4 is 11.9 Å². The standard InChI is InChI=1S/C41H60N3O8/c1-23-20-25(33(37(5,6)48)50-24(2)45)51-31-30(23)38(7)14-15-41-22-40(41)13-12-28(36(3,4)26(40)10-11-27(41)39(38,8)32(31)46)52-29-21-44(18-19-49-29)35(47)34-42-16-17-43(34)9/h16-17,23,26,28-30,32-33,46,48H,10-15,18-22H2,1-9H3/t23-,26+,28?,29+,30+,32+,33+,38-,39-,40-,41+/m1/s1. The van der Waals surface area contributed by atoms with Crippen LogP contribution in [0.15, 0.2) is 12.4 Å². The molecule has 287 valence electrons. The lowest BCUT2D eigenvalue weighted by atomic mass is 9.41. The number of carbonyl (C=O) groups excluding carboxylic acids is 2. The second-order valence-electron chi connectivity index (χ2n) is 19.2. The van der Waals surface area contributed by atoms with Gasteiger partial charge in [0.2, 0.25) is 0 Å². The summed E-state index contributed by atoms with van der Waals surface area (Å²) in [5, 5.41) is 23.6.